The van der Waals surface area contributed by atoms with Crippen molar-refractivity contribution in [3.63, 3.8) is 0 Å². The number of sulfonamides is 1. The maximum Gasteiger partial charge on any atom is 0.253 e. The molecule has 0 amide bonds. The van der Waals surface area contributed by atoms with Gasteiger partial charge in [-0.1, -0.05) is 0 Å². The van der Waals surface area contributed by atoms with E-state index in [0.717, 1.165) is 11.8 Å². The van der Waals surface area contributed by atoms with Gasteiger partial charge in [-0.3, -0.25) is 9.52 Å². The summed E-state index contributed by atoms with van der Waals surface area (Å²) >= 11 is 0. The monoisotopic (exact) mass is 322 g/mol. The van der Waals surface area contributed by atoms with Crippen molar-refractivity contribution in [3.05, 3.63) is 46.4 Å². The Morgan fingerprint density at radius 1 is 1.23 bits per heavy atom. The van der Waals surface area contributed by atoms with E-state index in [9.17, 15) is 13.2 Å². The molecule has 0 saturated carbocycles. The Hall–Kier alpha value is -2.28. The van der Waals surface area contributed by atoms with Crippen LogP contribution < -0.4 is 15.0 Å². The van der Waals surface area contributed by atoms with Crippen molar-refractivity contribution in [1.29, 1.82) is 0 Å². The SMILES string of the molecule is COc1ccc(NS(C)(=O)=O)cc1-c1cc(C)c(=O)n(C)c1. The van der Waals surface area contributed by atoms with E-state index in [1.54, 1.807) is 44.4 Å². The van der Waals surface area contributed by atoms with Gasteiger partial charge < -0.3 is 9.30 Å². The minimum Gasteiger partial charge on any atom is -0.496 e. The van der Waals surface area contributed by atoms with Crippen molar-refractivity contribution in [1.82, 2.24) is 4.57 Å². The zero-order valence-corrected chi connectivity index (χ0v) is 13.7. The molecule has 0 unspecified atom stereocenters. The molecule has 2 aromatic rings. The van der Waals surface area contributed by atoms with Crippen LogP contribution >= 0.6 is 0 Å². The van der Waals surface area contributed by atoms with Gasteiger partial charge in [-0.25, -0.2) is 8.42 Å². The number of methoxy groups -OCH3 is 1. The molecule has 22 heavy (non-hydrogen) atoms. The van der Waals surface area contributed by atoms with Crippen LogP contribution in [0.15, 0.2) is 35.3 Å². The van der Waals surface area contributed by atoms with Crippen LogP contribution in [0.4, 0.5) is 5.69 Å². The van der Waals surface area contributed by atoms with Gasteiger partial charge in [0.15, 0.2) is 0 Å². The first-order valence-corrected chi connectivity index (χ1v) is 8.44. The fourth-order valence-electron chi connectivity index (χ4n) is 2.24. The van der Waals surface area contributed by atoms with Crippen LogP contribution in [0.1, 0.15) is 5.56 Å². The molecule has 6 nitrogen and oxygen atoms in total. The molecule has 0 saturated heterocycles. The van der Waals surface area contributed by atoms with Crippen molar-refractivity contribution in [2.75, 3.05) is 18.1 Å². The molecule has 118 valence electrons. The van der Waals surface area contributed by atoms with Crippen molar-refractivity contribution in [2.24, 2.45) is 7.05 Å². The number of ether oxygens (including phenoxy) is 1. The Kier molecular flexibility index (Phi) is 4.27. The van der Waals surface area contributed by atoms with E-state index in [1.807, 2.05) is 0 Å². The first kappa shape index (κ1) is 16.1. The third-order valence-electron chi connectivity index (χ3n) is 3.18. The minimum atomic E-state index is -3.36. The van der Waals surface area contributed by atoms with Crippen molar-refractivity contribution >= 4 is 15.7 Å². The molecule has 1 N–H and O–H groups in total. The number of nitrogens with zero attached hydrogens (tertiary/aromatic N) is 1. The van der Waals surface area contributed by atoms with Crippen molar-refractivity contribution < 1.29 is 13.2 Å². The number of aromatic nitrogens is 1. The van der Waals surface area contributed by atoms with Crippen molar-refractivity contribution in [2.45, 2.75) is 6.92 Å². The van der Waals surface area contributed by atoms with Gasteiger partial charge in [-0.15, -0.1) is 0 Å². The molecule has 0 radical (unpaired) electrons. The number of anilines is 1. The summed E-state index contributed by atoms with van der Waals surface area (Å²) in [5, 5.41) is 0. The molecule has 0 aliphatic carbocycles. The zero-order valence-electron chi connectivity index (χ0n) is 12.9. The summed E-state index contributed by atoms with van der Waals surface area (Å²) in [6.07, 6.45) is 2.78. The third kappa shape index (κ3) is 3.48. The highest BCUT2D eigenvalue weighted by Gasteiger charge is 2.11. The lowest BCUT2D eigenvalue weighted by Gasteiger charge is -2.13. The molecular formula is C15H18N2O4S. The topological polar surface area (TPSA) is 77.4 Å². The highest BCUT2D eigenvalue weighted by molar-refractivity contribution is 7.92. The van der Waals surface area contributed by atoms with Crippen LogP contribution in [-0.2, 0) is 17.1 Å². The van der Waals surface area contributed by atoms with Gasteiger partial charge in [0.1, 0.15) is 5.75 Å². The van der Waals surface area contributed by atoms with Crippen LogP contribution in [0.25, 0.3) is 11.1 Å². The Morgan fingerprint density at radius 2 is 1.91 bits per heavy atom. The van der Waals surface area contributed by atoms with Crippen LogP contribution in [0.2, 0.25) is 0 Å². The van der Waals surface area contributed by atoms with Crippen molar-refractivity contribution in [3.8, 4) is 16.9 Å². The second-order valence-electron chi connectivity index (χ2n) is 5.12. The maximum absolute atomic E-state index is 11.8. The Bertz CT molecular complexity index is 843. The van der Waals surface area contributed by atoms with Crippen LogP contribution in [0.3, 0.4) is 0 Å². The molecule has 0 aliphatic rings. The van der Waals surface area contributed by atoms with Crippen LogP contribution in [0, 0.1) is 6.92 Å². The van der Waals surface area contributed by atoms with Gasteiger partial charge in [0, 0.05) is 35.6 Å². The van der Waals surface area contributed by atoms with Crippen LogP contribution in [0.5, 0.6) is 5.75 Å². The molecule has 0 bridgehead atoms. The molecule has 0 spiro atoms. The van der Waals surface area contributed by atoms with E-state index in [-0.39, 0.29) is 5.56 Å². The van der Waals surface area contributed by atoms with Gasteiger partial charge in [-0.05, 0) is 31.2 Å². The summed E-state index contributed by atoms with van der Waals surface area (Å²) in [6.45, 7) is 1.73. The van der Waals surface area contributed by atoms with Gasteiger partial charge in [0.25, 0.3) is 5.56 Å². The number of rotatable bonds is 4. The number of hydrogen-bond donors (Lipinski definition) is 1. The first-order valence-electron chi connectivity index (χ1n) is 6.55. The highest BCUT2D eigenvalue weighted by atomic mass is 32.2. The number of pyridine rings is 1. The van der Waals surface area contributed by atoms with Crippen LogP contribution in [-0.4, -0.2) is 26.4 Å². The number of benzene rings is 1. The predicted octanol–water partition coefficient (Wildman–Crippen LogP) is 1.74. The predicted molar refractivity (Wildman–Crippen MR) is 86.9 cm³/mol. The molecular weight excluding hydrogens is 304 g/mol. The largest absolute Gasteiger partial charge is 0.496 e. The molecule has 7 heteroatoms. The fraction of sp³-hybridized carbons (Fsp3) is 0.267. The maximum atomic E-state index is 11.8. The first-order chi connectivity index (χ1) is 10.2. The Morgan fingerprint density at radius 3 is 2.45 bits per heavy atom. The summed E-state index contributed by atoms with van der Waals surface area (Å²) in [5.41, 5.74) is 2.44. The van der Waals surface area contributed by atoms with Gasteiger partial charge >= 0.3 is 0 Å². The van der Waals surface area contributed by atoms with E-state index in [2.05, 4.69) is 4.72 Å². The summed E-state index contributed by atoms with van der Waals surface area (Å²) in [4.78, 5) is 11.8. The van der Waals surface area contributed by atoms with Gasteiger partial charge in [-0.2, -0.15) is 0 Å². The second-order valence-corrected chi connectivity index (χ2v) is 6.87. The Balaban J connectivity index is 2.62. The quantitative estimate of drug-likeness (QED) is 0.930. The zero-order chi connectivity index (χ0) is 16.5. The lowest BCUT2D eigenvalue weighted by atomic mass is 10.0. The fourth-order valence-corrected chi connectivity index (χ4v) is 2.79. The number of hydrogen-bond acceptors (Lipinski definition) is 4. The van der Waals surface area contributed by atoms with E-state index in [1.165, 1.54) is 11.7 Å². The van der Waals surface area contributed by atoms with E-state index in [0.29, 0.717) is 22.6 Å². The summed E-state index contributed by atoms with van der Waals surface area (Å²) in [7, 11) is -0.155. The molecule has 0 fully saturated rings. The number of aryl methyl sites for hydroxylation is 2. The standard InChI is InChI=1S/C15H18N2O4S/c1-10-7-11(9-17(2)15(10)18)13-8-12(16-22(4,19)20)5-6-14(13)21-3/h5-9,16H,1-4H3. The lowest BCUT2D eigenvalue weighted by molar-refractivity contribution is 0.416. The van der Waals surface area contributed by atoms with E-state index < -0.39 is 10.0 Å². The molecule has 1 aromatic carbocycles. The van der Waals surface area contributed by atoms with Gasteiger partial charge in [0.05, 0.1) is 13.4 Å². The summed E-state index contributed by atoms with van der Waals surface area (Å²) in [6, 6.07) is 6.74. The average Bonchev–Trinajstić information content (AvgIpc) is 2.42. The molecule has 0 aliphatic heterocycles. The summed E-state index contributed by atoms with van der Waals surface area (Å²) < 4.78 is 32.0. The average molecular weight is 322 g/mol. The van der Waals surface area contributed by atoms with E-state index >= 15 is 0 Å². The minimum absolute atomic E-state index is 0.0758. The lowest BCUT2D eigenvalue weighted by Crippen LogP contribution is -2.18. The van der Waals surface area contributed by atoms with E-state index in [4.69, 9.17) is 4.74 Å². The molecule has 1 heterocycles. The molecule has 0 atom stereocenters. The Labute approximate surface area is 129 Å². The normalized spacial score (nSPS) is 11.3. The smallest absolute Gasteiger partial charge is 0.253 e. The molecule has 1 aromatic heterocycles. The van der Waals surface area contributed by atoms with Gasteiger partial charge in [0.2, 0.25) is 10.0 Å². The highest BCUT2D eigenvalue weighted by Crippen LogP contribution is 2.32. The summed E-state index contributed by atoms with van der Waals surface area (Å²) in [5.74, 6) is 0.595. The third-order valence-corrected chi connectivity index (χ3v) is 3.78. The number of nitrogens with one attached hydrogen (secondary N) is 1. The molecule has 2 rings (SSSR count). The second kappa shape index (κ2) is 5.84.